The van der Waals surface area contributed by atoms with E-state index >= 15 is 0 Å². The highest BCUT2D eigenvalue weighted by Crippen LogP contribution is 2.21. The molecule has 20 heavy (non-hydrogen) atoms. The van der Waals surface area contributed by atoms with Crippen LogP contribution in [0.3, 0.4) is 0 Å². The molecule has 1 N–H and O–H groups in total. The molecule has 0 heterocycles. The maximum atomic E-state index is 11.8. The largest absolute Gasteiger partial charge is 0.497 e. The normalized spacial score (nSPS) is 10.1. The van der Waals surface area contributed by atoms with Crippen LogP contribution in [0.15, 0.2) is 53.4 Å². The van der Waals surface area contributed by atoms with Crippen LogP contribution >= 0.6 is 23.4 Å². The molecule has 0 spiro atoms. The van der Waals surface area contributed by atoms with Crippen LogP contribution in [-0.4, -0.2) is 18.8 Å². The minimum Gasteiger partial charge on any atom is -0.497 e. The second kappa shape index (κ2) is 7.22. The van der Waals surface area contributed by atoms with Crippen LogP contribution in [0, 0.1) is 0 Å². The molecular weight excluding hydrogens is 294 g/mol. The number of amides is 1. The van der Waals surface area contributed by atoms with Gasteiger partial charge in [0, 0.05) is 15.6 Å². The Morgan fingerprint density at radius 1 is 1.15 bits per heavy atom. The Morgan fingerprint density at radius 3 is 2.40 bits per heavy atom. The minimum absolute atomic E-state index is 0.0462. The smallest absolute Gasteiger partial charge is 0.234 e. The second-order valence-electron chi connectivity index (χ2n) is 4.02. The summed E-state index contributed by atoms with van der Waals surface area (Å²) < 4.78 is 5.06. The summed E-state index contributed by atoms with van der Waals surface area (Å²) >= 11 is 7.28. The maximum absolute atomic E-state index is 11.8. The van der Waals surface area contributed by atoms with E-state index in [-0.39, 0.29) is 5.91 Å². The molecule has 0 aliphatic carbocycles. The third-order valence-electron chi connectivity index (χ3n) is 2.56. The SMILES string of the molecule is COc1ccc(NC(=O)CSc2ccc(Cl)cc2)cc1. The lowest BCUT2D eigenvalue weighted by atomic mass is 10.3. The molecule has 2 aromatic rings. The zero-order valence-corrected chi connectivity index (χ0v) is 12.5. The highest BCUT2D eigenvalue weighted by molar-refractivity contribution is 8.00. The summed E-state index contributed by atoms with van der Waals surface area (Å²) in [7, 11) is 1.61. The van der Waals surface area contributed by atoms with Crippen LogP contribution in [-0.2, 0) is 4.79 Å². The van der Waals surface area contributed by atoms with Gasteiger partial charge in [0.25, 0.3) is 0 Å². The van der Waals surface area contributed by atoms with Gasteiger partial charge < -0.3 is 10.1 Å². The van der Waals surface area contributed by atoms with Gasteiger partial charge in [-0.1, -0.05) is 11.6 Å². The Kier molecular flexibility index (Phi) is 5.32. The first kappa shape index (κ1) is 14.8. The summed E-state index contributed by atoms with van der Waals surface area (Å²) in [6.45, 7) is 0. The number of ether oxygens (including phenoxy) is 1. The first-order valence-electron chi connectivity index (χ1n) is 5.99. The quantitative estimate of drug-likeness (QED) is 0.846. The molecule has 0 aliphatic rings. The van der Waals surface area contributed by atoms with Gasteiger partial charge in [0.15, 0.2) is 0 Å². The average molecular weight is 308 g/mol. The van der Waals surface area contributed by atoms with E-state index in [1.807, 2.05) is 48.5 Å². The summed E-state index contributed by atoms with van der Waals surface area (Å²) in [5.74, 6) is 1.07. The van der Waals surface area contributed by atoms with Crippen molar-refractivity contribution in [2.45, 2.75) is 4.90 Å². The second-order valence-corrected chi connectivity index (χ2v) is 5.50. The van der Waals surface area contributed by atoms with Crippen LogP contribution in [0.5, 0.6) is 5.75 Å². The van der Waals surface area contributed by atoms with E-state index in [0.717, 1.165) is 16.3 Å². The third kappa shape index (κ3) is 4.47. The maximum Gasteiger partial charge on any atom is 0.234 e. The van der Waals surface area contributed by atoms with E-state index < -0.39 is 0 Å². The van der Waals surface area contributed by atoms with Crippen LogP contribution in [0.4, 0.5) is 5.69 Å². The fraction of sp³-hybridized carbons (Fsp3) is 0.133. The number of methoxy groups -OCH3 is 1. The standard InChI is InChI=1S/C15H14ClNO2S/c1-19-13-6-4-12(5-7-13)17-15(18)10-20-14-8-2-11(16)3-9-14/h2-9H,10H2,1H3,(H,17,18). The van der Waals surface area contributed by atoms with Gasteiger partial charge in [-0.15, -0.1) is 11.8 Å². The molecule has 0 aliphatic heterocycles. The molecule has 5 heteroatoms. The Balaban J connectivity index is 1.84. The van der Waals surface area contributed by atoms with Gasteiger partial charge in [-0.05, 0) is 48.5 Å². The number of hydrogen-bond donors (Lipinski definition) is 1. The summed E-state index contributed by atoms with van der Waals surface area (Å²) in [5, 5.41) is 3.53. The molecule has 3 nitrogen and oxygen atoms in total. The lowest BCUT2D eigenvalue weighted by molar-refractivity contribution is -0.113. The van der Waals surface area contributed by atoms with Crippen LogP contribution in [0.2, 0.25) is 5.02 Å². The van der Waals surface area contributed by atoms with Crippen LogP contribution < -0.4 is 10.1 Å². The van der Waals surface area contributed by atoms with Crippen molar-refractivity contribution in [2.24, 2.45) is 0 Å². The number of nitrogens with one attached hydrogen (secondary N) is 1. The van der Waals surface area contributed by atoms with Crippen molar-refractivity contribution in [1.82, 2.24) is 0 Å². The molecule has 0 fully saturated rings. The van der Waals surface area contributed by atoms with Gasteiger partial charge in [0.1, 0.15) is 5.75 Å². The molecule has 0 unspecified atom stereocenters. The van der Waals surface area contributed by atoms with Gasteiger partial charge in [0.2, 0.25) is 5.91 Å². The first-order chi connectivity index (χ1) is 9.67. The highest BCUT2D eigenvalue weighted by Gasteiger charge is 2.04. The lowest BCUT2D eigenvalue weighted by Gasteiger charge is -2.06. The fourth-order valence-corrected chi connectivity index (χ4v) is 2.38. The van der Waals surface area contributed by atoms with E-state index in [9.17, 15) is 4.79 Å². The Labute approximate surface area is 127 Å². The van der Waals surface area contributed by atoms with Crippen molar-refractivity contribution in [1.29, 1.82) is 0 Å². The number of benzene rings is 2. The summed E-state index contributed by atoms with van der Waals surface area (Å²) in [6.07, 6.45) is 0. The number of rotatable bonds is 5. The molecule has 0 radical (unpaired) electrons. The van der Waals surface area contributed by atoms with Crippen molar-refractivity contribution in [3.8, 4) is 5.75 Å². The Bertz CT molecular complexity index is 569. The topological polar surface area (TPSA) is 38.3 Å². The number of halogens is 1. The van der Waals surface area contributed by atoms with Gasteiger partial charge in [-0.25, -0.2) is 0 Å². The highest BCUT2D eigenvalue weighted by atomic mass is 35.5. The third-order valence-corrected chi connectivity index (χ3v) is 3.82. The number of thioether (sulfide) groups is 1. The van der Waals surface area contributed by atoms with Gasteiger partial charge >= 0.3 is 0 Å². The number of carbonyl (C=O) groups excluding carboxylic acids is 1. The summed E-state index contributed by atoms with van der Waals surface area (Å²) in [5.41, 5.74) is 0.757. The van der Waals surface area contributed by atoms with Crippen molar-refractivity contribution in [3.63, 3.8) is 0 Å². The van der Waals surface area contributed by atoms with Gasteiger partial charge in [0.05, 0.1) is 12.9 Å². The fourth-order valence-electron chi connectivity index (χ4n) is 1.55. The predicted octanol–water partition coefficient (Wildman–Crippen LogP) is 4.08. The minimum atomic E-state index is -0.0462. The lowest BCUT2D eigenvalue weighted by Crippen LogP contribution is -2.13. The molecule has 104 valence electrons. The summed E-state index contributed by atoms with van der Waals surface area (Å²) in [6, 6.07) is 14.6. The molecule has 2 rings (SSSR count). The molecule has 0 aromatic heterocycles. The van der Waals surface area contributed by atoms with Crippen molar-refractivity contribution >= 4 is 35.0 Å². The summed E-state index contributed by atoms with van der Waals surface area (Å²) in [4.78, 5) is 12.8. The zero-order chi connectivity index (χ0) is 14.4. The molecule has 2 aromatic carbocycles. The van der Waals surface area contributed by atoms with Crippen molar-refractivity contribution in [2.75, 3.05) is 18.2 Å². The van der Waals surface area contributed by atoms with E-state index in [4.69, 9.17) is 16.3 Å². The Morgan fingerprint density at radius 2 is 1.80 bits per heavy atom. The molecule has 0 saturated heterocycles. The Hall–Kier alpha value is -1.65. The molecule has 0 saturated carbocycles. The van der Waals surface area contributed by atoms with Crippen LogP contribution in [0.1, 0.15) is 0 Å². The molecule has 0 bridgehead atoms. The number of anilines is 1. The monoisotopic (exact) mass is 307 g/mol. The number of hydrogen-bond acceptors (Lipinski definition) is 3. The predicted molar refractivity (Wildman–Crippen MR) is 83.8 cm³/mol. The van der Waals surface area contributed by atoms with Gasteiger partial charge in [-0.2, -0.15) is 0 Å². The molecular formula is C15H14ClNO2S. The van der Waals surface area contributed by atoms with E-state index in [1.165, 1.54) is 11.8 Å². The van der Waals surface area contributed by atoms with Crippen LogP contribution in [0.25, 0.3) is 0 Å². The van der Waals surface area contributed by atoms with Crippen molar-refractivity contribution in [3.05, 3.63) is 53.6 Å². The first-order valence-corrected chi connectivity index (χ1v) is 7.36. The average Bonchev–Trinajstić information content (AvgIpc) is 2.47. The van der Waals surface area contributed by atoms with Gasteiger partial charge in [-0.3, -0.25) is 4.79 Å². The van der Waals surface area contributed by atoms with E-state index in [0.29, 0.717) is 10.8 Å². The van der Waals surface area contributed by atoms with E-state index in [1.54, 1.807) is 7.11 Å². The molecule has 1 amide bonds. The zero-order valence-electron chi connectivity index (χ0n) is 10.9. The molecule has 0 atom stereocenters. The van der Waals surface area contributed by atoms with E-state index in [2.05, 4.69) is 5.32 Å². The van der Waals surface area contributed by atoms with Crippen molar-refractivity contribution < 1.29 is 9.53 Å². The number of carbonyl (C=O) groups is 1.